The molecule has 46 heavy (non-hydrogen) atoms. The van der Waals surface area contributed by atoms with Crippen LogP contribution in [-0.2, 0) is 0 Å². The van der Waals surface area contributed by atoms with E-state index >= 15 is 0 Å². The number of unbranched alkanes of at least 4 members (excludes halogenated alkanes) is 27. The highest BCUT2D eigenvalue weighted by Gasteiger charge is 2.39. The Hall–Kier alpha value is -0.120. The van der Waals surface area contributed by atoms with Crippen LogP contribution in [0.4, 0.5) is 0 Å². The molecular formula is C43H89N3. The topological polar surface area (TPSA) is 18.5 Å². The molecule has 0 amide bonds. The van der Waals surface area contributed by atoms with Gasteiger partial charge in [-0.15, -0.1) is 0 Å². The van der Waals surface area contributed by atoms with Crippen LogP contribution in [0.1, 0.15) is 234 Å². The van der Waals surface area contributed by atoms with E-state index in [1.165, 1.54) is 232 Å². The van der Waals surface area contributed by atoms with Gasteiger partial charge in [0.2, 0.25) is 0 Å². The monoisotopic (exact) mass is 648 g/mol. The minimum absolute atomic E-state index is 0.179. The molecule has 1 unspecified atom stereocenters. The van der Waals surface area contributed by atoms with Gasteiger partial charge < -0.3 is 5.32 Å². The molecule has 0 saturated carbocycles. The van der Waals surface area contributed by atoms with E-state index in [0.717, 1.165) is 0 Å². The van der Waals surface area contributed by atoms with E-state index in [2.05, 4.69) is 49.7 Å². The van der Waals surface area contributed by atoms with Gasteiger partial charge in [0.15, 0.2) is 0 Å². The summed E-state index contributed by atoms with van der Waals surface area (Å²) >= 11 is 0. The Morgan fingerprint density at radius 2 is 0.804 bits per heavy atom. The van der Waals surface area contributed by atoms with Crippen LogP contribution in [0.25, 0.3) is 0 Å². The van der Waals surface area contributed by atoms with Crippen LogP contribution in [0.5, 0.6) is 0 Å². The molecule has 3 heteroatoms. The Bertz CT molecular complexity index is 577. The number of hydrogen-bond acceptors (Lipinski definition) is 3. The second-order valence-corrected chi connectivity index (χ2v) is 15.9. The summed E-state index contributed by atoms with van der Waals surface area (Å²) in [6.45, 7) is 18.4. The van der Waals surface area contributed by atoms with Crippen molar-refractivity contribution < 1.29 is 0 Å². The lowest BCUT2D eigenvalue weighted by molar-refractivity contribution is -0.0158. The molecule has 0 spiro atoms. The van der Waals surface area contributed by atoms with E-state index in [-0.39, 0.29) is 5.54 Å². The predicted molar refractivity (Wildman–Crippen MR) is 209 cm³/mol. The molecule has 0 aromatic rings. The molecule has 1 N–H and O–H groups in total. The maximum absolute atomic E-state index is 4.03. The Morgan fingerprint density at radius 3 is 1.17 bits per heavy atom. The summed E-state index contributed by atoms with van der Waals surface area (Å²) in [6, 6.07) is 0. The zero-order valence-electron chi connectivity index (χ0n) is 32.9. The van der Waals surface area contributed by atoms with Gasteiger partial charge >= 0.3 is 0 Å². The molecule has 1 atom stereocenters. The second kappa shape index (κ2) is 32.1. The first-order valence-corrected chi connectivity index (χ1v) is 21.8. The van der Waals surface area contributed by atoms with Gasteiger partial charge in [-0.1, -0.05) is 194 Å². The standard InChI is InChI=1S/C43H89N3/c1-6-9-12-15-18-20-22-24-26-28-31-34-40-46(41-35-32-29-27-25-23-21-19-16-13-10-7-2)43(4,5)42-44-37-36-39-45(42)38-33-30-17-14-11-8-3/h42,44H,6-41H2,1-5H3. The number of nitrogens with one attached hydrogen (secondary N) is 1. The second-order valence-electron chi connectivity index (χ2n) is 15.9. The molecule has 1 saturated heterocycles. The summed E-state index contributed by atoms with van der Waals surface area (Å²) in [6.07, 6.45) is 44.7. The van der Waals surface area contributed by atoms with E-state index in [1.54, 1.807) is 0 Å². The van der Waals surface area contributed by atoms with E-state index in [1.807, 2.05) is 0 Å². The molecule has 1 aliphatic heterocycles. The lowest BCUT2D eigenvalue weighted by Crippen LogP contribution is -2.67. The third-order valence-corrected chi connectivity index (χ3v) is 11.2. The van der Waals surface area contributed by atoms with Crippen molar-refractivity contribution in [2.24, 2.45) is 0 Å². The van der Waals surface area contributed by atoms with Crippen LogP contribution >= 0.6 is 0 Å². The third kappa shape index (κ3) is 23.3. The van der Waals surface area contributed by atoms with E-state index in [9.17, 15) is 0 Å². The zero-order valence-corrected chi connectivity index (χ0v) is 32.9. The Kier molecular flexibility index (Phi) is 30.6. The van der Waals surface area contributed by atoms with Crippen molar-refractivity contribution in [2.45, 2.75) is 245 Å². The lowest BCUT2D eigenvalue weighted by Gasteiger charge is -2.51. The summed E-state index contributed by atoms with van der Waals surface area (Å²) in [7, 11) is 0. The van der Waals surface area contributed by atoms with E-state index in [4.69, 9.17) is 0 Å². The van der Waals surface area contributed by atoms with Crippen LogP contribution in [0, 0.1) is 0 Å². The molecule has 3 nitrogen and oxygen atoms in total. The molecule has 0 bridgehead atoms. The van der Waals surface area contributed by atoms with Gasteiger partial charge in [-0.3, -0.25) is 9.80 Å². The quantitative estimate of drug-likeness (QED) is 0.0691. The van der Waals surface area contributed by atoms with Gasteiger partial charge in [0.25, 0.3) is 0 Å². The fraction of sp³-hybridized carbons (Fsp3) is 1.00. The SMILES string of the molecule is CCCCCCCCCCCCCCN(CCCCCCCCCCCCCC)C(C)(C)C1NCCCN1CCCCCCCC. The first kappa shape index (κ1) is 43.9. The Balaban J connectivity index is 2.48. The Morgan fingerprint density at radius 1 is 0.478 bits per heavy atom. The van der Waals surface area contributed by atoms with Crippen LogP contribution in [0.2, 0.25) is 0 Å². The van der Waals surface area contributed by atoms with Gasteiger partial charge in [-0.05, 0) is 65.7 Å². The van der Waals surface area contributed by atoms with Crippen LogP contribution in [-0.4, -0.2) is 54.2 Å². The highest BCUT2D eigenvalue weighted by Crippen LogP contribution is 2.27. The molecule has 0 aromatic heterocycles. The van der Waals surface area contributed by atoms with Crippen molar-refractivity contribution in [1.29, 1.82) is 0 Å². The van der Waals surface area contributed by atoms with Gasteiger partial charge in [0, 0.05) is 12.1 Å². The van der Waals surface area contributed by atoms with Gasteiger partial charge in [-0.25, -0.2) is 0 Å². The Labute approximate surface area is 292 Å². The first-order chi connectivity index (χ1) is 22.6. The van der Waals surface area contributed by atoms with Gasteiger partial charge in [0.1, 0.15) is 0 Å². The van der Waals surface area contributed by atoms with Crippen LogP contribution in [0.3, 0.4) is 0 Å². The molecule has 1 rings (SSSR count). The lowest BCUT2D eigenvalue weighted by atomic mass is 9.93. The van der Waals surface area contributed by atoms with E-state index in [0.29, 0.717) is 6.17 Å². The molecule has 1 aliphatic rings. The molecule has 0 aromatic carbocycles. The summed E-state index contributed by atoms with van der Waals surface area (Å²) in [5, 5.41) is 4.03. The largest absolute Gasteiger partial charge is 0.300 e. The number of rotatable bonds is 35. The highest BCUT2D eigenvalue weighted by atomic mass is 15.4. The molecule has 276 valence electrons. The van der Waals surface area contributed by atoms with Crippen molar-refractivity contribution in [1.82, 2.24) is 15.1 Å². The fourth-order valence-electron chi connectivity index (χ4n) is 7.96. The zero-order chi connectivity index (χ0) is 33.4. The summed E-state index contributed by atoms with van der Waals surface area (Å²) in [5.74, 6) is 0. The average Bonchev–Trinajstić information content (AvgIpc) is 3.06. The van der Waals surface area contributed by atoms with Gasteiger partial charge in [-0.2, -0.15) is 0 Å². The molecule has 0 radical (unpaired) electrons. The van der Waals surface area contributed by atoms with Crippen LogP contribution < -0.4 is 5.32 Å². The van der Waals surface area contributed by atoms with E-state index < -0.39 is 0 Å². The average molecular weight is 648 g/mol. The summed E-state index contributed by atoms with van der Waals surface area (Å²) in [4.78, 5) is 5.76. The molecular weight excluding hydrogens is 558 g/mol. The van der Waals surface area contributed by atoms with Crippen molar-refractivity contribution in [3.8, 4) is 0 Å². The van der Waals surface area contributed by atoms with Crippen LogP contribution in [0.15, 0.2) is 0 Å². The number of nitrogens with zero attached hydrogens (tertiary/aromatic N) is 2. The van der Waals surface area contributed by atoms with Crippen molar-refractivity contribution in [3.63, 3.8) is 0 Å². The predicted octanol–water partition coefficient (Wildman–Crippen LogP) is 13.5. The fourth-order valence-corrected chi connectivity index (χ4v) is 7.96. The minimum Gasteiger partial charge on any atom is -0.300 e. The molecule has 1 heterocycles. The smallest absolute Gasteiger partial charge is 0.0781 e. The van der Waals surface area contributed by atoms with Crippen molar-refractivity contribution >= 4 is 0 Å². The maximum atomic E-state index is 4.03. The summed E-state index contributed by atoms with van der Waals surface area (Å²) in [5.41, 5.74) is 0.179. The van der Waals surface area contributed by atoms with Crippen molar-refractivity contribution in [3.05, 3.63) is 0 Å². The number of hydrogen-bond donors (Lipinski definition) is 1. The molecule has 1 fully saturated rings. The highest BCUT2D eigenvalue weighted by molar-refractivity contribution is 4.95. The minimum atomic E-state index is 0.179. The normalized spacial score (nSPS) is 16.2. The van der Waals surface area contributed by atoms with Crippen molar-refractivity contribution in [2.75, 3.05) is 32.7 Å². The first-order valence-electron chi connectivity index (χ1n) is 21.8. The molecule has 0 aliphatic carbocycles. The maximum Gasteiger partial charge on any atom is 0.0781 e. The van der Waals surface area contributed by atoms with Gasteiger partial charge in [0.05, 0.1) is 6.17 Å². The third-order valence-electron chi connectivity index (χ3n) is 11.2. The summed E-state index contributed by atoms with van der Waals surface area (Å²) < 4.78 is 0.